The molecule has 1 fully saturated rings. The second-order valence-electron chi connectivity index (χ2n) is 4.25. The van der Waals surface area contributed by atoms with E-state index < -0.39 is 6.23 Å². The summed E-state index contributed by atoms with van der Waals surface area (Å²) in [5.74, 6) is -0.546. The summed E-state index contributed by atoms with van der Waals surface area (Å²) in [6, 6.07) is 6.84. The number of benzene rings is 1. The van der Waals surface area contributed by atoms with E-state index in [1.165, 1.54) is 4.90 Å². The van der Waals surface area contributed by atoms with Crippen molar-refractivity contribution in [3.63, 3.8) is 0 Å². The molecule has 1 saturated heterocycles. The van der Waals surface area contributed by atoms with Crippen LogP contribution in [0.1, 0.15) is 27.1 Å². The van der Waals surface area contributed by atoms with Gasteiger partial charge in [0.25, 0.3) is 11.8 Å². The van der Waals surface area contributed by atoms with Gasteiger partial charge in [0.2, 0.25) is 0 Å². The quantitative estimate of drug-likeness (QED) is 0.542. The fraction of sp³-hybridized carbons (Fsp3) is 0.231. The molecule has 2 aliphatic heterocycles. The van der Waals surface area contributed by atoms with Crippen molar-refractivity contribution in [1.82, 2.24) is 4.90 Å². The van der Waals surface area contributed by atoms with Gasteiger partial charge < -0.3 is 4.74 Å². The molecule has 1 unspecified atom stereocenters. The van der Waals surface area contributed by atoms with Crippen LogP contribution >= 0.6 is 0 Å². The number of imide groups is 1. The van der Waals surface area contributed by atoms with Crippen molar-refractivity contribution in [1.29, 1.82) is 0 Å². The molecule has 3 rings (SSSR count). The first kappa shape index (κ1) is 10.2. The molecule has 0 aromatic heterocycles. The van der Waals surface area contributed by atoms with Crippen LogP contribution in [-0.4, -0.2) is 29.5 Å². The lowest BCUT2D eigenvalue weighted by molar-refractivity contribution is -0.000913. The first-order valence-corrected chi connectivity index (χ1v) is 5.43. The van der Waals surface area contributed by atoms with Crippen molar-refractivity contribution < 1.29 is 14.3 Å². The number of ether oxygens (including phenoxy) is 1. The van der Waals surface area contributed by atoms with Gasteiger partial charge in [-0.1, -0.05) is 18.7 Å². The van der Waals surface area contributed by atoms with E-state index in [9.17, 15) is 9.59 Å². The highest BCUT2D eigenvalue weighted by atomic mass is 16.5. The van der Waals surface area contributed by atoms with Crippen molar-refractivity contribution in [2.24, 2.45) is 0 Å². The Labute approximate surface area is 98.5 Å². The summed E-state index contributed by atoms with van der Waals surface area (Å²) in [6.07, 6.45) is 0.0424. The minimum absolute atomic E-state index is 0.273. The number of carbonyl (C=O) groups excluding carboxylic acids is 2. The summed E-state index contributed by atoms with van der Waals surface area (Å²) in [5, 5.41) is 0. The number of nitrogens with zero attached hydrogens (tertiary/aromatic N) is 1. The number of hydrogen-bond acceptors (Lipinski definition) is 3. The van der Waals surface area contributed by atoms with Gasteiger partial charge in [-0.05, 0) is 17.7 Å². The van der Waals surface area contributed by atoms with E-state index in [0.29, 0.717) is 24.2 Å². The molecule has 4 heteroatoms. The highest BCUT2D eigenvalue weighted by molar-refractivity contribution is 6.21. The highest BCUT2D eigenvalue weighted by Gasteiger charge is 2.41. The Morgan fingerprint density at radius 3 is 2.24 bits per heavy atom. The third-order valence-corrected chi connectivity index (χ3v) is 3.06. The summed E-state index contributed by atoms with van der Waals surface area (Å²) in [5.41, 5.74) is 1.82. The zero-order valence-electron chi connectivity index (χ0n) is 9.18. The number of amides is 2. The van der Waals surface area contributed by atoms with Crippen LogP contribution in [0, 0.1) is 0 Å². The van der Waals surface area contributed by atoms with E-state index in [4.69, 9.17) is 4.74 Å². The molecule has 0 spiro atoms. The van der Waals surface area contributed by atoms with Crippen LogP contribution < -0.4 is 0 Å². The summed E-state index contributed by atoms with van der Waals surface area (Å²) in [4.78, 5) is 25.4. The average Bonchev–Trinajstić information content (AvgIpc) is 2.84. The summed E-state index contributed by atoms with van der Waals surface area (Å²) < 4.78 is 5.41. The van der Waals surface area contributed by atoms with Crippen molar-refractivity contribution in [2.75, 3.05) is 6.61 Å². The molecular weight excluding hydrogens is 218 g/mol. The van der Waals surface area contributed by atoms with Crippen LogP contribution in [0.25, 0.3) is 0 Å². The Bertz CT molecular complexity index is 500. The number of fused-ring (bicyclic) bond motifs is 1. The first-order chi connectivity index (χ1) is 8.18. The Morgan fingerprint density at radius 2 is 1.76 bits per heavy atom. The van der Waals surface area contributed by atoms with E-state index in [1.807, 2.05) is 0 Å². The van der Waals surface area contributed by atoms with Gasteiger partial charge in [0.1, 0.15) is 6.23 Å². The van der Waals surface area contributed by atoms with Crippen molar-refractivity contribution in [3.05, 3.63) is 47.5 Å². The Balaban J connectivity index is 1.98. The van der Waals surface area contributed by atoms with Crippen LogP contribution in [0.15, 0.2) is 36.4 Å². The summed E-state index contributed by atoms with van der Waals surface area (Å²) in [7, 11) is 0. The van der Waals surface area contributed by atoms with Crippen LogP contribution in [0.5, 0.6) is 0 Å². The molecule has 1 aromatic rings. The van der Waals surface area contributed by atoms with Gasteiger partial charge in [0, 0.05) is 6.42 Å². The van der Waals surface area contributed by atoms with Crippen molar-refractivity contribution >= 4 is 11.8 Å². The second-order valence-corrected chi connectivity index (χ2v) is 4.25. The molecule has 1 atom stereocenters. The molecule has 17 heavy (non-hydrogen) atoms. The zero-order valence-corrected chi connectivity index (χ0v) is 9.18. The molecule has 2 heterocycles. The van der Waals surface area contributed by atoms with Crippen LogP contribution in [0.4, 0.5) is 0 Å². The average molecular weight is 229 g/mol. The maximum Gasteiger partial charge on any atom is 0.263 e. The third kappa shape index (κ3) is 1.41. The topological polar surface area (TPSA) is 46.6 Å². The minimum Gasteiger partial charge on any atom is -0.353 e. The molecule has 0 N–H and O–H groups in total. The van der Waals surface area contributed by atoms with Gasteiger partial charge in [-0.2, -0.15) is 0 Å². The fourth-order valence-corrected chi connectivity index (χ4v) is 2.21. The Hall–Kier alpha value is -1.94. The zero-order chi connectivity index (χ0) is 12.0. The van der Waals surface area contributed by atoms with Crippen LogP contribution in [0.2, 0.25) is 0 Å². The van der Waals surface area contributed by atoms with Crippen molar-refractivity contribution in [2.45, 2.75) is 12.6 Å². The molecule has 1 aromatic carbocycles. The predicted octanol–water partition coefficient (Wildman–Crippen LogP) is 1.59. The van der Waals surface area contributed by atoms with Crippen LogP contribution in [-0.2, 0) is 4.74 Å². The molecular formula is C13H11NO3. The Kier molecular flexibility index (Phi) is 2.12. The molecule has 86 valence electrons. The van der Waals surface area contributed by atoms with E-state index in [1.54, 1.807) is 24.3 Å². The van der Waals surface area contributed by atoms with E-state index >= 15 is 0 Å². The molecule has 0 bridgehead atoms. The molecule has 0 radical (unpaired) electrons. The lowest BCUT2D eigenvalue weighted by atomic mass is 10.1. The largest absolute Gasteiger partial charge is 0.353 e. The third-order valence-electron chi connectivity index (χ3n) is 3.06. The van der Waals surface area contributed by atoms with Gasteiger partial charge in [0.15, 0.2) is 0 Å². The maximum absolute atomic E-state index is 12.1. The monoisotopic (exact) mass is 229 g/mol. The Morgan fingerprint density at radius 1 is 1.18 bits per heavy atom. The smallest absolute Gasteiger partial charge is 0.263 e. The second kappa shape index (κ2) is 3.53. The van der Waals surface area contributed by atoms with Crippen LogP contribution in [0.3, 0.4) is 0 Å². The van der Waals surface area contributed by atoms with Gasteiger partial charge in [-0.15, -0.1) is 0 Å². The fourth-order valence-electron chi connectivity index (χ4n) is 2.21. The molecule has 4 nitrogen and oxygen atoms in total. The minimum atomic E-state index is -0.491. The van der Waals surface area contributed by atoms with Gasteiger partial charge in [-0.3, -0.25) is 9.59 Å². The molecule has 0 saturated carbocycles. The van der Waals surface area contributed by atoms with Gasteiger partial charge in [-0.25, -0.2) is 4.90 Å². The SMILES string of the molecule is C=C1COC(N2C(=O)c3ccccc3C2=O)C1. The number of carbonyl (C=O) groups is 2. The summed E-state index contributed by atoms with van der Waals surface area (Å²) in [6.45, 7) is 4.22. The first-order valence-electron chi connectivity index (χ1n) is 5.43. The molecule has 2 amide bonds. The lowest BCUT2D eigenvalue weighted by Gasteiger charge is -2.20. The van der Waals surface area contributed by atoms with E-state index in [-0.39, 0.29) is 11.8 Å². The van der Waals surface area contributed by atoms with Crippen molar-refractivity contribution in [3.8, 4) is 0 Å². The van der Waals surface area contributed by atoms with Gasteiger partial charge >= 0.3 is 0 Å². The normalized spacial score (nSPS) is 23.4. The standard InChI is InChI=1S/C13H11NO3/c1-8-6-11(17-7-8)14-12(15)9-4-2-3-5-10(9)13(14)16/h2-5,11H,1,6-7H2. The number of rotatable bonds is 1. The van der Waals surface area contributed by atoms with E-state index in [0.717, 1.165) is 5.57 Å². The van der Waals surface area contributed by atoms with E-state index in [2.05, 4.69) is 6.58 Å². The number of hydrogen-bond donors (Lipinski definition) is 0. The molecule has 2 aliphatic rings. The maximum atomic E-state index is 12.1. The summed E-state index contributed by atoms with van der Waals surface area (Å²) >= 11 is 0. The lowest BCUT2D eigenvalue weighted by Crippen LogP contribution is -2.39. The molecule has 0 aliphatic carbocycles. The predicted molar refractivity (Wildman–Crippen MR) is 60.4 cm³/mol. The van der Waals surface area contributed by atoms with Gasteiger partial charge in [0.05, 0.1) is 17.7 Å². The highest BCUT2D eigenvalue weighted by Crippen LogP contribution is 2.29.